The summed E-state index contributed by atoms with van der Waals surface area (Å²) in [5.41, 5.74) is 2.83. The third-order valence-electron chi connectivity index (χ3n) is 5.91. The van der Waals surface area contributed by atoms with E-state index in [4.69, 9.17) is 0 Å². The minimum absolute atomic E-state index is 0.203. The highest BCUT2D eigenvalue weighted by Gasteiger charge is 2.45. The lowest BCUT2D eigenvalue weighted by Crippen LogP contribution is -2.43. The van der Waals surface area contributed by atoms with Gasteiger partial charge in [0.25, 0.3) is 0 Å². The van der Waals surface area contributed by atoms with Crippen molar-refractivity contribution in [2.24, 2.45) is 17.8 Å². The molecule has 1 aromatic carbocycles. The summed E-state index contributed by atoms with van der Waals surface area (Å²) in [6, 6.07) is 9.03. The van der Waals surface area contributed by atoms with E-state index in [1.165, 1.54) is 11.1 Å². The number of aryl methyl sites for hydroxylation is 1. The lowest BCUT2D eigenvalue weighted by atomic mass is 9.83. The Morgan fingerprint density at radius 3 is 2.86 bits per heavy atom. The van der Waals surface area contributed by atoms with Gasteiger partial charge in [-0.15, -0.1) is 0 Å². The zero-order chi connectivity index (χ0) is 14.4. The lowest BCUT2D eigenvalue weighted by Gasteiger charge is -2.31. The van der Waals surface area contributed by atoms with Gasteiger partial charge in [-0.3, -0.25) is 4.79 Å². The van der Waals surface area contributed by atoms with Gasteiger partial charge in [0.15, 0.2) is 0 Å². The Hall–Kier alpha value is -1.35. The molecule has 0 saturated carbocycles. The number of fused-ring (bicyclic) bond motifs is 2. The van der Waals surface area contributed by atoms with Crippen LogP contribution in [0.2, 0.25) is 0 Å². The minimum Gasteiger partial charge on any atom is -0.339 e. The summed E-state index contributed by atoms with van der Waals surface area (Å²) in [6.07, 6.45) is 3.02. The summed E-state index contributed by atoms with van der Waals surface area (Å²) in [6.45, 7) is 5.39. The number of benzene rings is 1. The second kappa shape index (κ2) is 5.13. The first-order chi connectivity index (χ1) is 10.2. The largest absolute Gasteiger partial charge is 0.339 e. The molecule has 1 aromatic rings. The van der Waals surface area contributed by atoms with E-state index in [-0.39, 0.29) is 5.92 Å². The third-order valence-corrected chi connectivity index (χ3v) is 5.91. The summed E-state index contributed by atoms with van der Waals surface area (Å²) >= 11 is 0. The van der Waals surface area contributed by atoms with E-state index in [0.29, 0.717) is 23.8 Å². The third kappa shape index (κ3) is 2.18. The molecule has 0 bridgehead atoms. The predicted octanol–water partition coefficient (Wildman–Crippen LogP) is 1.86. The number of hydrogen-bond acceptors (Lipinski definition) is 2. The molecule has 112 valence electrons. The van der Waals surface area contributed by atoms with Gasteiger partial charge >= 0.3 is 0 Å². The molecular weight excluding hydrogens is 260 g/mol. The number of nitrogens with one attached hydrogen (secondary N) is 1. The fourth-order valence-electron chi connectivity index (χ4n) is 4.60. The molecule has 21 heavy (non-hydrogen) atoms. The highest BCUT2D eigenvalue weighted by atomic mass is 16.2. The molecule has 3 aliphatic rings. The number of nitrogens with zero attached hydrogens (tertiary/aromatic N) is 1. The first kappa shape index (κ1) is 13.3. The summed E-state index contributed by atoms with van der Waals surface area (Å²) in [7, 11) is 0. The fraction of sp³-hybridized carbons (Fsp3) is 0.611. The van der Waals surface area contributed by atoms with Gasteiger partial charge in [-0.2, -0.15) is 0 Å². The standard InChI is InChI=1S/C18H24N2O/c1-12-17-10-19-9-16(17)11-20(12)18(21)15-7-6-13-4-2-3-5-14(13)8-15/h2-5,12,15-17,19H,6-11H2,1H3. The Balaban J connectivity index is 1.49. The van der Waals surface area contributed by atoms with E-state index < -0.39 is 0 Å². The summed E-state index contributed by atoms with van der Waals surface area (Å²) < 4.78 is 0. The Bertz CT molecular complexity index is 556. The fourth-order valence-corrected chi connectivity index (χ4v) is 4.60. The number of rotatable bonds is 1. The average Bonchev–Trinajstić information content (AvgIpc) is 3.09. The Kier molecular flexibility index (Phi) is 3.26. The van der Waals surface area contributed by atoms with E-state index in [2.05, 4.69) is 41.4 Å². The van der Waals surface area contributed by atoms with Gasteiger partial charge in [0, 0.05) is 31.6 Å². The van der Waals surface area contributed by atoms with Crippen molar-refractivity contribution in [2.45, 2.75) is 32.2 Å². The smallest absolute Gasteiger partial charge is 0.226 e. The number of amides is 1. The Morgan fingerprint density at radius 2 is 2.05 bits per heavy atom. The van der Waals surface area contributed by atoms with Crippen molar-refractivity contribution < 1.29 is 4.79 Å². The lowest BCUT2D eigenvalue weighted by molar-refractivity contribution is -0.136. The maximum atomic E-state index is 13.0. The van der Waals surface area contributed by atoms with Crippen molar-refractivity contribution in [3.8, 4) is 0 Å². The van der Waals surface area contributed by atoms with Crippen molar-refractivity contribution in [1.82, 2.24) is 10.2 Å². The van der Waals surface area contributed by atoms with Crippen molar-refractivity contribution in [3.05, 3.63) is 35.4 Å². The van der Waals surface area contributed by atoms with Crippen LogP contribution in [0.4, 0.5) is 0 Å². The molecule has 4 atom stereocenters. The summed E-state index contributed by atoms with van der Waals surface area (Å²) in [5, 5.41) is 3.47. The van der Waals surface area contributed by atoms with Crippen molar-refractivity contribution in [3.63, 3.8) is 0 Å². The minimum atomic E-state index is 0.203. The molecule has 0 radical (unpaired) electrons. The number of likely N-dealkylation sites (tertiary alicyclic amines) is 1. The van der Waals surface area contributed by atoms with E-state index in [1.807, 2.05) is 0 Å². The second-order valence-electron chi connectivity index (χ2n) is 7.02. The monoisotopic (exact) mass is 284 g/mol. The van der Waals surface area contributed by atoms with Gasteiger partial charge in [-0.05, 0) is 49.1 Å². The predicted molar refractivity (Wildman–Crippen MR) is 83.0 cm³/mol. The molecular formula is C18H24N2O. The molecule has 4 unspecified atom stereocenters. The molecule has 2 heterocycles. The van der Waals surface area contributed by atoms with Crippen molar-refractivity contribution in [1.29, 1.82) is 0 Å². The quantitative estimate of drug-likeness (QED) is 0.854. The van der Waals surface area contributed by atoms with Crippen LogP contribution in [0.1, 0.15) is 24.5 Å². The molecule has 1 amide bonds. The van der Waals surface area contributed by atoms with Gasteiger partial charge in [0.2, 0.25) is 5.91 Å². The van der Waals surface area contributed by atoms with E-state index in [0.717, 1.165) is 38.9 Å². The maximum Gasteiger partial charge on any atom is 0.226 e. The van der Waals surface area contributed by atoms with E-state index >= 15 is 0 Å². The van der Waals surface area contributed by atoms with Crippen LogP contribution in [0.5, 0.6) is 0 Å². The van der Waals surface area contributed by atoms with Crippen LogP contribution >= 0.6 is 0 Å². The van der Waals surface area contributed by atoms with Crippen LogP contribution in [0.25, 0.3) is 0 Å². The molecule has 3 heteroatoms. The highest BCUT2D eigenvalue weighted by molar-refractivity contribution is 5.80. The van der Waals surface area contributed by atoms with Gasteiger partial charge < -0.3 is 10.2 Å². The molecule has 3 nitrogen and oxygen atoms in total. The first-order valence-electron chi connectivity index (χ1n) is 8.32. The van der Waals surface area contributed by atoms with Crippen LogP contribution in [-0.2, 0) is 17.6 Å². The molecule has 1 aliphatic carbocycles. The maximum absolute atomic E-state index is 13.0. The zero-order valence-corrected chi connectivity index (χ0v) is 12.7. The molecule has 2 fully saturated rings. The number of carbonyl (C=O) groups is 1. The van der Waals surface area contributed by atoms with Crippen molar-refractivity contribution >= 4 is 5.91 Å². The van der Waals surface area contributed by atoms with Crippen LogP contribution < -0.4 is 5.32 Å². The zero-order valence-electron chi connectivity index (χ0n) is 12.7. The number of carbonyl (C=O) groups excluding carboxylic acids is 1. The van der Waals surface area contributed by atoms with Gasteiger partial charge in [-0.25, -0.2) is 0 Å². The Labute approximate surface area is 126 Å². The SMILES string of the molecule is CC1C2CNCC2CN1C(=O)C1CCc2ccccc2C1. The normalized spacial score (nSPS) is 34.6. The van der Waals surface area contributed by atoms with E-state index in [1.54, 1.807) is 0 Å². The summed E-state index contributed by atoms with van der Waals surface area (Å²) in [4.78, 5) is 15.1. The van der Waals surface area contributed by atoms with Crippen LogP contribution in [0.15, 0.2) is 24.3 Å². The number of hydrogen-bond donors (Lipinski definition) is 1. The Morgan fingerprint density at radius 1 is 1.24 bits per heavy atom. The average molecular weight is 284 g/mol. The molecule has 2 aliphatic heterocycles. The van der Waals surface area contributed by atoms with Gasteiger partial charge in [0.05, 0.1) is 0 Å². The molecule has 0 aromatic heterocycles. The molecule has 0 spiro atoms. The molecule has 4 rings (SSSR count). The van der Waals surface area contributed by atoms with Crippen LogP contribution in [-0.4, -0.2) is 36.5 Å². The van der Waals surface area contributed by atoms with Crippen molar-refractivity contribution in [2.75, 3.05) is 19.6 Å². The topological polar surface area (TPSA) is 32.3 Å². The van der Waals surface area contributed by atoms with Gasteiger partial charge in [0.1, 0.15) is 0 Å². The van der Waals surface area contributed by atoms with E-state index in [9.17, 15) is 4.79 Å². The summed E-state index contributed by atoms with van der Waals surface area (Å²) in [5.74, 6) is 1.96. The van der Waals surface area contributed by atoms with Crippen LogP contribution in [0.3, 0.4) is 0 Å². The van der Waals surface area contributed by atoms with Gasteiger partial charge in [-0.1, -0.05) is 24.3 Å². The molecule has 2 saturated heterocycles. The van der Waals surface area contributed by atoms with Crippen LogP contribution in [0, 0.1) is 17.8 Å². The molecule has 1 N–H and O–H groups in total. The first-order valence-corrected chi connectivity index (χ1v) is 8.32. The highest BCUT2D eigenvalue weighted by Crippen LogP contribution is 2.35. The second-order valence-corrected chi connectivity index (χ2v) is 7.02.